The van der Waals surface area contributed by atoms with Crippen LogP contribution in [0.1, 0.15) is 73.2 Å². The highest BCUT2D eigenvalue weighted by molar-refractivity contribution is 5.91. The van der Waals surface area contributed by atoms with Gasteiger partial charge in [0.25, 0.3) is 0 Å². The van der Waals surface area contributed by atoms with Gasteiger partial charge in [0.2, 0.25) is 0 Å². The first-order valence-corrected chi connectivity index (χ1v) is 10.9. The quantitative estimate of drug-likeness (QED) is 0.283. The zero-order valence-electron chi connectivity index (χ0n) is 17.8. The van der Waals surface area contributed by atoms with E-state index in [0.717, 1.165) is 18.1 Å². The molecule has 0 bridgehead atoms. The molecule has 0 unspecified atom stereocenters. The molecule has 0 amide bonds. The van der Waals surface area contributed by atoms with E-state index in [-0.39, 0.29) is 11.3 Å². The van der Waals surface area contributed by atoms with Crippen LogP contribution in [0, 0.1) is 23.1 Å². The number of carbonyl (C=O) groups excluding carboxylic acids is 1. The molecule has 0 N–H and O–H groups in total. The maximum Gasteiger partial charge on any atom is 0.343 e. The van der Waals surface area contributed by atoms with Gasteiger partial charge in [-0.3, -0.25) is 0 Å². The molecule has 0 spiro atoms. The molecule has 0 radical (unpaired) electrons. The number of ether oxygens (including phenoxy) is 3. The van der Waals surface area contributed by atoms with E-state index in [9.17, 15) is 9.18 Å². The van der Waals surface area contributed by atoms with Crippen molar-refractivity contribution >= 4 is 5.97 Å². The number of rotatable bonds is 9. The minimum atomic E-state index is -0.728. The number of carbonyl (C=O) groups is 1. The van der Waals surface area contributed by atoms with E-state index in [0.29, 0.717) is 24.7 Å². The number of halogens is 1. The largest absolute Gasteiger partial charge is 0.423 e. The molecule has 0 atom stereocenters. The van der Waals surface area contributed by atoms with Crippen molar-refractivity contribution in [3.8, 4) is 11.8 Å². The molecule has 5 nitrogen and oxygen atoms in total. The average Bonchev–Trinajstić information content (AvgIpc) is 2.79. The van der Waals surface area contributed by atoms with Crippen LogP contribution >= 0.6 is 0 Å². The second-order valence-corrected chi connectivity index (χ2v) is 7.83. The van der Waals surface area contributed by atoms with Crippen LogP contribution in [-0.4, -0.2) is 19.2 Å². The van der Waals surface area contributed by atoms with Gasteiger partial charge in [-0.05, 0) is 30.7 Å². The summed E-state index contributed by atoms with van der Waals surface area (Å²) in [4.78, 5) is 12.3. The van der Waals surface area contributed by atoms with Gasteiger partial charge in [0.15, 0.2) is 6.29 Å². The Hall–Kier alpha value is -2.75. The van der Waals surface area contributed by atoms with Gasteiger partial charge in [-0.15, -0.1) is 0 Å². The molecule has 3 rings (SSSR count). The lowest BCUT2D eigenvalue weighted by Gasteiger charge is -2.29. The Balaban J connectivity index is 1.47. The highest BCUT2D eigenvalue weighted by Crippen LogP contribution is 2.28. The smallest absolute Gasteiger partial charge is 0.343 e. The number of unbranched alkanes of at least 4 members (excludes halogenated alkanes) is 4. The average molecular weight is 426 g/mol. The molecule has 1 fully saturated rings. The summed E-state index contributed by atoms with van der Waals surface area (Å²) in [7, 11) is 0. The molecule has 164 valence electrons. The van der Waals surface area contributed by atoms with E-state index in [1.807, 2.05) is 0 Å². The summed E-state index contributed by atoms with van der Waals surface area (Å²) >= 11 is 0. The Morgan fingerprint density at radius 3 is 2.45 bits per heavy atom. The molecule has 1 aliphatic heterocycles. The first kappa shape index (κ1) is 22.9. The summed E-state index contributed by atoms with van der Waals surface area (Å²) in [5.74, 6) is -0.858. The Morgan fingerprint density at radius 1 is 1.10 bits per heavy atom. The zero-order chi connectivity index (χ0) is 22.1. The molecular formula is C25H28FNO4. The first-order valence-electron chi connectivity index (χ1n) is 10.9. The predicted molar refractivity (Wildman–Crippen MR) is 114 cm³/mol. The summed E-state index contributed by atoms with van der Waals surface area (Å²) in [5.41, 5.74) is 1.06. The van der Waals surface area contributed by atoms with E-state index in [1.54, 1.807) is 30.3 Å². The first-order chi connectivity index (χ1) is 15.1. The highest BCUT2D eigenvalue weighted by atomic mass is 19.1. The minimum Gasteiger partial charge on any atom is -0.423 e. The number of hydrogen-bond acceptors (Lipinski definition) is 5. The van der Waals surface area contributed by atoms with E-state index < -0.39 is 18.1 Å². The standard InChI is InChI=1S/C25H28FNO4/c1-2-3-4-5-6-7-18-16-29-25(30-17-18)20-10-8-19(9-11-20)24(28)31-22-13-12-21(15-27)23(26)14-22/h8-14,18,25H,2-7,16-17H2,1H3. The Labute approximate surface area is 182 Å². The van der Waals surface area contributed by atoms with Crippen molar-refractivity contribution in [2.75, 3.05) is 13.2 Å². The number of esters is 1. The van der Waals surface area contributed by atoms with E-state index in [2.05, 4.69) is 6.92 Å². The predicted octanol–water partition coefficient (Wildman–Crippen LogP) is 5.94. The molecule has 31 heavy (non-hydrogen) atoms. The van der Waals surface area contributed by atoms with Crippen molar-refractivity contribution in [2.24, 2.45) is 5.92 Å². The van der Waals surface area contributed by atoms with Crippen LogP contribution < -0.4 is 4.74 Å². The maximum atomic E-state index is 13.7. The van der Waals surface area contributed by atoms with Gasteiger partial charge >= 0.3 is 5.97 Å². The monoisotopic (exact) mass is 425 g/mol. The summed E-state index contributed by atoms with van der Waals surface area (Å²) in [6, 6.07) is 12.2. The van der Waals surface area contributed by atoms with E-state index in [1.165, 1.54) is 44.2 Å². The van der Waals surface area contributed by atoms with Crippen molar-refractivity contribution in [2.45, 2.75) is 51.7 Å². The van der Waals surface area contributed by atoms with Crippen LogP contribution in [0.15, 0.2) is 42.5 Å². The lowest BCUT2D eigenvalue weighted by molar-refractivity contribution is -0.206. The second kappa shape index (κ2) is 11.6. The zero-order valence-corrected chi connectivity index (χ0v) is 17.8. The van der Waals surface area contributed by atoms with Gasteiger partial charge < -0.3 is 14.2 Å². The minimum absolute atomic E-state index is 0.0465. The van der Waals surface area contributed by atoms with Crippen molar-refractivity contribution in [3.05, 3.63) is 65.0 Å². The third kappa shape index (κ3) is 6.61. The molecule has 1 heterocycles. The summed E-state index contributed by atoms with van der Waals surface area (Å²) < 4.78 is 30.6. The fourth-order valence-corrected chi connectivity index (χ4v) is 3.53. The van der Waals surface area contributed by atoms with Gasteiger partial charge in [0.05, 0.1) is 24.3 Å². The SMILES string of the molecule is CCCCCCCC1COC(c2ccc(C(=O)Oc3ccc(C#N)c(F)c3)cc2)OC1. The fraction of sp³-hybridized carbons (Fsp3) is 0.440. The molecule has 1 aliphatic rings. The number of hydrogen-bond donors (Lipinski definition) is 0. The van der Waals surface area contributed by atoms with Crippen LogP contribution in [0.2, 0.25) is 0 Å². The summed E-state index contributed by atoms with van der Waals surface area (Å²) in [5, 5.41) is 8.77. The second-order valence-electron chi connectivity index (χ2n) is 7.83. The lowest BCUT2D eigenvalue weighted by Crippen LogP contribution is -2.27. The van der Waals surface area contributed by atoms with Crippen LogP contribution in [-0.2, 0) is 9.47 Å². The van der Waals surface area contributed by atoms with Crippen LogP contribution in [0.5, 0.6) is 5.75 Å². The third-order valence-corrected chi connectivity index (χ3v) is 5.37. The van der Waals surface area contributed by atoms with Crippen molar-refractivity contribution in [1.82, 2.24) is 0 Å². The normalized spacial score (nSPS) is 18.4. The Kier molecular flexibility index (Phi) is 8.57. The van der Waals surface area contributed by atoms with Crippen LogP contribution in [0.25, 0.3) is 0 Å². The third-order valence-electron chi connectivity index (χ3n) is 5.37. The van der Waals surface area contributed by atoms with Crippen LogP contribution in [0.4, 0.5) is 4.39 Å². The van der Waals surface area contributed by atoms with Crippen molar-refractivity contribution in [1.29, 1.82) is 5.26 Å². The van der Waals surface area contributed by atoms with Gasteiger partial charge in [0, 0.05) is 17.5 Å². The molecule has 1 saturated heterocycles. The topological polar surface area (TPSA) is 68.5 Å². The lowest BCUT2D eigenvalue weighted by atomic mass is 10.0. The number of benzene rings is 2. The molecular weight excluding hydrogens is 397 g/mol. The van der Waals surface area contributed by atoms with Crippen LogP contribution in [0.3, 0.4) is 0 Å². The molecule has 2 aromatic rings. The molecule has 6 heteroatoms. The Bertz CT molecular complexity index is 899. The number of nitriles is 1. The molecule has 0 aliphatic carbocycles. The fourth-order valence-electron chi connectivity index (χ4n) is 3.53. The van der Waals surface area contributed by atoms with Crippen molar-refractivity contribution < 1.29 is 23.4 Å². The van der Waals surface area contributed by atoms with E-state index >= 15 is 0 Å². The van der Waals surface area contributed by atoms with E-state index in [4.69, 9.17) is 19.5 Å². The highest BCUT2D eigenvalue weighted by Gasteiger charge is 2.23. The summed E-state index contributed by atoms with van der Waals surface area (Å²) in [6.07, 6.45) is 7.01. The maximum absolute atomic E-state index is 13.7. The molecule has 0 saturated carbocycles. The van der Waals surface area contributed by atoms with Gasteiger partial charge in [-0.2, -0.15) is 5.26 Å². The van der Waals surface area contributed by atoms with Gasteiger partial charge in [-0.25, -0.2) is 9.18 Å². The molecule has 0 aromatic heterocycles. The van der Waals surface area contributed by atoms with Crippen molar-refractivity contribution in [3.63, 3.8) is 0 Å². The Morgan fingerprint density at radius 2 is 1.81 bits per heavy atom. The summed E-state index contributed by atoms with van der Waals surface area (Å²) in [6.45, 7) is 3.56. The number of nitrogens with zero attached hydrogens (tertiary/aromatic N) is 1. The van der Waals surface area contributed by atoms with Gasteiger partial charge in [-0.1, -0.05) is 51.2 Å². The molecule has 2 aromatic carbocycles. The van der Waals surface area contributed by atoms with Gasteiger partial charge in [0.1, 0.15) is 17.6 Å².